The molecule has 7 aromatic rings. The van der Waals surface area contributed by atoms with Crippen molar-refractivity contribution >= 4 is 46.1 Å². The van der Waals surface area contributed by atoms with E-state index in [-0.39, 0.29) is 5.41 Å². The third kappa shape index (κ3) is 7.05. The quantitative estimate of drug-likeness (QED) is 0.183. The molecule has 1 aliphatic rings. The molecule has 2 heterocycles. The maximum atomic E-state index is 4.91. The van der Waals surface area contributed by atoms with Gasteiger partial charge in [0.25, 0.3) is 0 Å². The van der Waals surface area contributed by atoms with Crippen molar-refractivity contribution in [3.8, 4) is 22.3 Å². The molecule has 0 saturated carbocycles. The minimum atomic E-state index is -0.0765. The normalized spacial score (nSPS) is 12.7. The monoisotopic (exact) mass is 664 g/mol. The van der Waals surface area contributed by atoms with Crippen molar-refractivity contribution in [1.29, 1.82) is 0 Å². The van der Waals surface area contributed by atoms with Gasteiger partial charge in [0.2, 0.25) is 0 Å². The van der Waals surface area contributed by atoms with Crippen LogP contribution in [0.1, 0.15) is 86.3 Å². The number of para-hydroxylation sites is 2. The Kier molecular flexibility index (Phi) is 10.4. The highest BCUT2D eigenvalue weighted by molar-refractivity contribution is 5.89. The SMILES string of the molecule is CC.CC.Cc1ccc2c(c1)C(C)(C)c1cc(-c3cc(/C=C/c4ccc5ccccc5n4)c(C)cc3/C=C/c3ccc4ccccc4n3)ccc1-2. The Balaban J connectivity index is 0.00000108. The molecule has 0 radical (unpaired) electrons. The van der Waals surface area contributed by atoms with E-state index in [0.717, 1.165) is 33.2 Å². The van der Waals surface area contributed by atoms with E-state index in [0.29, 0.717) is 0 Å². The molecule has 0 bridgehead atoms. The van der Waals surface area contributed by atoms with Gasteiger partial charge in [0.15, 0.2) is 0 Å². The average Bonchev–Trinajstić information content (AvgIpc) is 3.39. The van der Waals surface area contributed by atoms with Crippen LogP contribution in [0.3, 0.4) is 0 Å². The molecular formula is C49H48N2. The Morgan fingerprint density at radius 3 is 1.61 bits per heavy atom. The van der Waals surface area contributed by atoms with Crippen molar-refractivity contribution in [1.82, 2.24) is 9.97 Å². The summed E-state index contributed by atoms with van der Waals surface area (Å²) in [6.07, 6.45) is 8.67. The molecule has 0 fully saturated rings. The molecule has 0 saturated heterocycles. The lowest BCUT2D eigenvalue weighted by Crippen LogP contribution is -2.15. The summed E-state index contributed by atoms with van der Waals surface area (Å²) in [5, 5.41) is 2.30. The van der Waals surface area contributed by atoms with Crippen LogP contribution in [0.2, 0.25) is 0 Å². The topological polar surface area (TPSA) is 25.8 Å². The third-order valence-corrected chi connectivity index (χ3v) is 9.69. The van der Waals surface area contributed by atoms with Gasteiger partial charge in [-0.25, -0.2) is 9.97 Å². The predicted molar refractivity (Wildman–Crippen MR) is 223 cm³/mol. The summed E-state index contributed by atoms with van der Waals surface area (Å²) in [4.78, 5) is 9.79. The van der Waals surface area contributed by atoms with Crippen LogP contribution in [-0.4, -0.2) is 9.97 Å². The van der Waals surface area contributed by atoms with E-state index in [9.17, 15) is 0 Å². The summed E-state index contributed by atoms with van der Waals surface area (Å²) in [5.41, 5.74) is 16.6. The van der Waals surface area contributed by atoms with Gasteiger partial charge < -0.3 is 0 Å². The Labute approximate surface area is 304 Å². The number of pyridine rings is 2. The van der Waals surface area contributed by atoms with Crippen LogP contribution < -0.4 is 0 Å². The molecule has 2 nitrogen and oxygen atoms in total. The number of benzene rings is 5. The number of rotatable bonds is 5. The second-order valence-electron chi connectivity index (χ2n) is 13.3. The maximum absolute atomic E-state index is 4.91. The van der Waals surface area contributed by atoms with Crippen molar-refractivity contribution in [2.45, 2.75) is 60.8 Å². The van der Waals surface area contributed by atoms with Crippen LogP contribution in [0, 0.1) is 13.8 Å². The fraction of sp³-hybridized carbons (Fsp3) is 0.184. The highest BCUT2D eigenvalue weighted by Crippen LogP contribution is 2.50. The van der Waals surface area contributed by atoms with Gasteiger partial charge in [-0.05, 0) is 112 Å². The van der Waals surface area contributed by atoms with E-state index in [4.69, 9.17) is 9.97 Å². The van der Waals surface area contributed by atoms with E-state index in [1.54, 1.807) is 0 Å². The summed E-state index contributed by atoms with van der Waals surface area (Å²) in [7, 11) is 0. The first kappa shape index (κ1) is 35.2. The number of hydrogen-bond acceptors (Lipinski definition) is 2. The van der Waals surface area contributed by atoms with E-state index in [1.165, 1.54) is 55.6 Å². The smallest absolute Gasteiger partial charge is 0.0709 e. The largest absolute Gasteiger partial charge is 0.248 e. The summed E-state index contributed by atoms with van der Waals surface area (Å²) in [6.45, 7) is 17.1. The second kappa shape index (κ2) is 15.1. The molecule has 51 heavy (non-hydrogen) atoms. The Morgan fingerprint density at radius 1 is 0.471 bits per heavy atom. The first-order valence-corrected chi connectivity index (χ1v) is 18.3. The van der Waals surface area contributed by atoms with Crippen molar-refractivity contribution in [3.63, 3.8) is 0 Å². The van der Waals surface area contributed by atoms with Gasteiger partial charge in [-0.2, -0.15) is 0 Å². The van der Waals surface area contributed by atoms with Crippen molar-refractivity contribution < 1.29 is 0 Å². The van der Waals surface area contributed by atoms with Gasteiger partial charge in [-0.15, -0.1) is 0 Å². The zero-order valence-corrected chi connectivity index (χ0v) is 31.3. The Hall–Kier alpha value is -5.60. The van der Waals surface area contributed by atoms with Gasteiger partial charge in [0.1, 0.15) is 0 Å². The van der Waals surface area contributed by atoms with E-state index in [2.05, 4.69) is 161 Å². The van der Waals surface area contributed by atoms with E-state index in [1.807, 2.05) is 39.8 Å². The summed E-state index contributed by atoms with van der Waals surface area (Å²) >= 11 is 0. The van der Waals surface area contributed by atoms with Crippen molar-refractivity contribution in [2.24, 2.45) is 0 Å². The van der Waals surface area contributed by atoms with Crippen LogP contribution in [-0.2, 0) is 5.41 Å². The molecule has 8 rings (SSSR count). The number of aryl methyl sites for hydroxylation is 2. The van der Waals surface area contributed by atoms with Crippen LogP contribution >= 0.6 is 0 Å². The molecule has 0 spiro atoms. The zero-order chi connectivity index (χ0) is 36.1. The van der Waals surface area contributed by atoms with Gasteiger partial charge in [-0.3, -0.25) is 0 Å². The van der Waals surface area contributed by atoms with Crippen LogP contribution in [0.15, 0.2) is 121 Å². The first-order chi connectivity index (χ1) is 24.8. The summed E-state index contributed by atoms with van der Waals surface area (Å²) in [6, 6.07) is 43.5. The summed E-state index contributed by atoms with van der Waals surface area (Å²) in [5.74, 6) is 0. The van der Waals surface area contributed by atoms with Gasteiger partial charge in [0.05, 0.1) is 22.4 Å². The molecule has 5 aromatic carbocycles. The molecule has 0 aliphatic heterocycles. The minimum absolute atomic E-state index is 0.0765. The standard InChI is InChI=1S/C45H36N2.2C2H6/c1-29-13-23-38-39-24-18-35(28-42(39)45(3,4)41(38)25-29)40-27-33(16-21-36-19-14-31-9-5-7-11-43(31)46-36)30(2)26-34(40)17-22-37-20-15-32-10-6-8-12-44(32)47-37;2*1-2/h5-28H,1-4H3;2*1-2H3/b21-16+,22-17+;;. The average molecular weight is 665 g/mol. The van der Waals surface area contributed by atoms with Gasteiger partial charge >= 0.3 is 0 Å². The minimum Gasteiger partial charge on any atom is -0.248 e. The third-order valence-electron chi connectivity index (χ3n) is 9.69. The lowest BCUT2D eigenvalue weighted by atomic mass is 9.81. The zero-order valence-electron chi connectivity index (χ0n) is 31.3. The Morgan fingerprint density at radius 2 is 1.00 bits per heavy atom. The predicted octanol–water partition coefficient (Wildman–Crippen LogP) is 13.8. The molecule has 2 aromatic heterocycles. The number of nitrogens with zero attached hydrogens (tertiary/aromatic N) is 2. The van der Waals surface area contributed by atoms with Gasteiger partial charge in [-0.1, -0.05) is 144 Å². The molecule has 0 N–H and O–H groups in total. The van der Waals surface area contributed by atoms with E-state index < -0.39 is 0 Å². The van der Waals surface area contributed by atoms with Crippen molar-refractivity contribution in [3.05, 3.63) is 166 Å². The molecule has 2 heteroatoms. The van der Waals surface area contributed by atoms with E-state index >= 15 is 0 Å². The molecule has 0 unspecified atom stereocenters. The Bertz CT molecular complexity index is 2410. The second-order valence-corrected chi connectivity index (χ2v) is 13.3. The number of hydrogen-bond donors (Lipinski definition) is 0. The van der Waals surface area contributed by atoms with Crippen LogP contribution in [0.4, 0.5) is 0 Å². The molecule has 1 aliphatic carbocycles. The lowest BCUT2D eigenvalue weighted by Gasteiger charge is -2.22. The molecule has 254 valence electrons. The number of aromatic nitrogens is 2. The van der Waals surface area contributed by atoms with Crippen LogP contribution in [0.25, 0.3) is 68.4 Å². The van der Waals surface area contributed by atoms with Gasteiger partial charge in [0, 0.05) is 16.2 Å². The number of fused-ring (bicyclic) bond motifs is 5. The van der Waals surface area contributed by atoms with Crippen molar-refractivity contribution in [2.75, 3.05) is 0 Å². The van der Waals surface area contributed by atoms with Crippen LogP contribution in [0.5, 0.6) is 0 Å². The fourth-order valence-electron chi connectivity index (χ4n) is 7.03. The highest BCUT2D eigenvalue weighted by Gasteiger charge is 2.35. The molecule has 0 amide bonds. The first-order valence-electron chi connectivity index (χ1n) is 18.3. The summed E-state index contributed by atoms with van der Waals surface area (Å²) < 4.78 is 0. The fourth-order valence-corrected chi connectivity index (χ4v) is 7.03. The lowest BCUT2D eigenvalue weighted by molar-refractivity contribution is 0.660. The highest BCUT2D eigenvalue weighted by atomic mass is 14.7. The molecule has 0 atom stereocenters. The maximum Gasteiger partial charge on any atom is 0.0709 e. The molecular weight excluding hydrogens is 617 g/mol.